The maximum Gasteiger partial charge on any atom is 0.254 e. The first-order chi connectivity index (χ1) is 15.1. The molecule has 6 heteroatoms. The molecular formula is C25H25FN2O3. The minimum absolute atomic E-state index is 0.0355. The summed E-state index contributed by atoms with van der Waals surface area (Å²) in [7, 11) is 1.57. The van der Waals surface area contributed by atoms with Crippen LogP contribution < -0.4 is 14.4 Å². The lowest BCUT2D eigenvalue weighted by Gasteiger charge is -2.36. The molecule has 0 N–H and O–H groups in total. The van der Waals surface area contributed by atoms with Gasteiger partial charge in [-0.2, -0.15) is 0 Å². The molecule has 0 aromatic heterocycles. The summed E-state index contributed by atoms with van der Waals surface area (Å²) in [5.74, 6) is 0.852. The number of ether oxygens (including phenoxy) is 2. The molecular weight excluding hydrogens is 395 g/mol. The molecule has 0 aliphatic carbocycles. The third-order valence-corrected chi connectivity index (χ3v) is 5.41. The largest absolute Gasteiger partial charge is 0.493 e. The lowest BCUT2D eigenvalue weighted by Crippen LogP contribution is -2.48. The Balaban J connectivity index is 1.38. The predicted octanol–water partition coefficient (Wildman–Crippen LogP) is 4.38. The minimum atomic E-state index is -0.247. The molecule has 1 aliphatic heterocycles. The number of hydrogen-bond donors (Lipinski definition) is 0. The van der Waals surface area contributed by atoms with Gasteiger partial charge in [0.2, 0.25) is 0 Å². The Morgan fingerprint density at radius 1 is 0.903 bits per heavy atom. The summed E-state index contributed by atoms with van der Waals surface area (Å²) < 4.78 is 24.5. The van der Waals surface area contributed by atoms with E-state index in [1.807, 2.05) is 35.2 Å². The van der Waals surface area contributed by atoms with Crippen LogP contribution in [0.1, 0.15) is 15.9 Å². The molecule has 0 atom stereocenters. The Morgan fingerprint density at radius 2 is 1.61 bits per heavy atom. The van der Waals surface area contributed by atoms with Gasteiger partial charge >= 0.3 is 0 Å². The Hall–Kier alpha value is -3.54. The zero-order chi connectivity index (χ0) is 21.6. The third kappa shape index (κ3) is 4.97. The fourth-order valence-electron chi connectivity index (χ4n) is 3.66. The number of carbonyl (C=O) groups is 1. The molecule has 0 unspecified atom stereocenters. The van der Waals surface area contributed by atoms with Crippen molar-refractivity contribution in [2.45, 2.75) is 6.61 Å². The number of halogens is 1. The minimum Gasteiger partial charge on any atom is -0.493 e. The summed E-state index contributed by atoms with van der Waals surface area (Å²) in [6.45, 7) is 3.03. The van der Waals surface area contributed by atoms with Gasteiger partial charge in [0.05, 0.1) is 7.11 Å². The van der Waals surface area contributed by atoms with E-state index in [2.05, 4.69) is 4.90 Å². The number of methoxy groups -OCH3 is 1. The van der Waals surface area contributed by atoms with Crippen LogP contribution in [0.25, 0.3) is 0 Å². The van der Waals surface area contributed by atoms with Crippen molar-refractivity contribution in [2.75, 3.05) is 38.2 Å². The molecule has 1 saturated heterocycles. The molecule has 1 heterocycles. The third-order valence-electron chi connectivity index (χ3n) is 5.41. The second-order valence-electron chi connectivity index (χ2n) is 7.40. The van der Waals surface area contributed by atoms with Crippen LogP contribution in [-0.4, -0.2) is 44.1 Å². The van der Waals surface area contributed by atoms with Gasteiger partial charge in [-0.15, -0.1) is 0 Å². The van der Waals surface area contributed by atoms with Crippen LogP contribution in [0.4, 0.5) is 10.1 Å². The Labute approximate surface area is 181 Å². The van der Waals surface area contributed by atoms with E-state index in [0.717, 1.165) is 11.3 Å². The summed E-state index contributed by atoms with van der Waals surface area (Å²) >= 11 is 0. The number of piperazine rings is 1. The number of nitrogens with zero attached hydrogens (tertiary/aromatic N) is 2. The van der Waals surface area contributed by atoms with Crippen molar-refractivity contribution in [3.63, 3.8) is 0 Å². The predicted molar refractivity (Wildman–Crippen MR) is 118 cm³/mol. The van der Waals surface area contributed by atoms with E-state index in [9.17, 15) is 9.18 Å². The van der Waals surface area contributed by atoms with Crippen LogP contribution in [0.15, 0.2) is 72.8 Å². The number of carbonyl (C=O) groups excluding carboxylic acids is 1. The highest BCUT2D eigenvalue weighted by Crippen LogP contribution is 2.29. The van der Waals surface area contributed by atoms with E-state index < -0.39 is 0 Å². The quantitative estimate of drug-likeness (QED) is 0.594. The van der Waals surface area contributed by atoms with Gasteiger partial charge in [0.15, 0.2) is 11.5 Å². The second kappa shape index (κ2) is 9.51. The maximum absolute atomic E-state index is 13.1. The fraction of sp³-hybridized carbons (Fsp3) is 0.240. The smallest absolute Gasteiger partial charge is 0.254 e. The molecule has 0 radical (unpaired) electrons. The van der Waals surface area contributed by atoms with E-state index >= 15 is 0 Å². The first-order valence-electron chi connectivity index (χ1n) is 10.3. The van der Waals surface area contributed by atoms with Crippen molar-refractivity contribution in [3.8, 4) is 11.5 Å². The van der Waals surface area contributed by atoms with Crippen molar-refractivity contribution >= 4 is 11.6 Å². The first kappa shape index (κ1) is 20.7. The van der Waals surface area contributed by atoms with Crippen LogP contribution in [0, 0.1) is 5.82 Å². The number of hydrogen-bond acceptors (Lipinski definition) is 4. The SMILES string of the molecule is COc1cc(C(=O)N2CCN(c3ccc(F)cc3)CC2)ccc1OCc1ccccc1. The zero-order valence-corrected chi connectivity index (χ0v) is 17.5. The van der Waals surface area contributed by atoms with Gasteiger partial charge in [0.25, 0.3) is 5.91 Å². The lowest BCUT2D eigenvalue weighted by molar-refractivity contribution is 0.0746. The number of anilines is 1. The number of amides is 1. The standard InChI is InChI=1S/C25H25FN2O3/c1-30-24-17-20(7-12-23(24)31-18-19-5-3-2-4-6-19)25(29)28-15-13-27(14-16-28)22-10-8-21(26)9-11-22/h2-12,17H,13-16,18H2,1H3. The molecule has 0 saturated carbocycles. The van der Waals surface area contributed by atoms with Gasteiger partial charge in [0, 0.05) is 37.4 Å². The van der Waals surface area contributed by atoms with Gasteiger partial charge in [-0.3, -0.25) is 4.79 Å². The summed E-state index contributed by atoms with van der Waals surface area (Å²) in [6.07, 6.45) is 0. The van der Waals surface area contributed by atoms with Crippen molar-refractivity contribution in [2.24, 2.45) is 0 Å². The Morgan fingerprint density at radius 3 is 2.29 bits per heavy atom. The monoisotopic (exact) mass is 420 g/mol. The van der Waals surface area contributed by atoms with Gasteiger partial charge in [-0.1, -0.05) is 30.3 Å². The van der Waals surface area contributed by atoms with Crippen LogP contribution >= 0.6 is 0 Å². The molecule has 31 heavy (non-hydrogen) atoms. The van der Waals surface area contributed by atoms with Crippen molar-refractivity contribution in [1.82, 2.24) is 4.90 Å². The van der Waals surface area contributed by atoms with Gasteiger partial charge in [-0.05, 0) is 48.0 Å². The zero-order valence-electron chi connectivity index (χ0n) is 17.5. The molecule has 0 bridgehead atoms. The highest BCUT2D eigenvalue weighted by atomic mass is 19.1. The van der Waals surface area contributed by atoms with E-state index in [-0.39, 0.29) is 11.7 Å². The van der Waals surface area contributed by atoms with Crippen LogP contribution in [0.5, 0.6) is 11.5 Å². The van der Waals surface area contributed by atoms with Crippen LogP contribution in [-0.2, 0) is 6.61 Å². The highest BCUT2D eigenvalue weighted by molar-refractivity contribution is 5.95. The van der Waals surface area contributed by atoms with E-state index in [4.69, 9.17) is 9.47 Å². The highest BCUT2D eigenvalue weighted by Gasteiger charge is 2.23. The summed E-state index contributed by atoms with van der Waals surface area (Å²) in [6, 6.07) is 21.6. The second-order valence-corrected chi connectivity index (χ2v) is 7.40. The number of rotatable bonds is 6. The van der Waals surface area contributed by atoms with E-state index in [1.165, 1.54) is 12.1 Å². The van der Waals surface area contributed by atoms with E-state index in [1.54, 1.807) is 37.4 Å². The van der Waals surface area contributed by atoms with Gasteiger partial charge in [0.1, 0.15) is 12.4 Å². The van der Waals surface area contributed by atoms with Gasteiger partial charge < -0.3 is 19.3 Å². The molecule has 3 aromatic rings. The van der Waals surface area contributed by atoms with Crippen molar-refractivity contribution < 1.29 is 18.7 Å². The van der Waals surface area contributed by atoms with Crippen molar-refractivity contribution in [3.05, 3.63) is 89.7 Å². The molecule has 160 valence electrons. The topological polar surface area (TPSA) is 42.0 Å². The molecule has 1 aliphatic rings. The Kier molecular flexibility index (Phi) is 6.36. The first-order valence-corrected chi connectivity index (χ1v) is 10.3. The van der Waals surface area contributed by atoms with Crippen LogP contribution in [0.2, 0.25) is 0 Å². The average Bonchev–Trinajstić information content (AvgIpc) is 2.83. The molecule has 4 rings (SSSR count). The number of benzene rings is 3. The normalized spacial score (nSPS) is 13.7. The summed E-state index contributed by atoms with van der Waals surface area (Å²) in [4.78, 5) is 17.0. The summed E-state index contributed by atoms with van der Waals surface area (Å²) in [5, 5.41) is 0. The van der Waals surface area contributed by atoms with E-state index in [0.29, 0.717) is 49.8 Å². The lowest BCUT2D eigenvalue weighted by atomic mass is 10.1. The maximum atomic E-state index is 13.1. The fourth-order valence-corrected chi connectivity index (χ4v) is 3.66. The molecule has 1 amide bonds. The van der Waals surface area contributed by atoms with Crippen LogP contribution in [0.3, 0.4) is 0 Å². The molecule has 1 fully saturated rings. The molecule has 0 spiro atoms. The van der Waals surface area contributed by atoms with Gasteiger partial charge in [-0.25, -0.2) is 4.39 Å². The molecule has 3 aromatic carbocycles. The molecule has 5 nitrogen and oxygen atoms in total. The Bertz CT molecular complexity index is 1020. The van der Waals surface area contributed by atoms with Crippen molar-refractivity contribution in [1.29, 1.82) is 0 Å². The average molecular weight is 420 g/mol. The summed E-state index contributed by atoms with van der Waals surface area (Å²) in [5.41, 5.74) is 2.60.